The molecule has 2 aromatic carbocycles. The highest BCUT2D eigenvalue weighted by Crippen LogP contribution is 2.44. The molecule has 8 heteroatoms. The molecule has 188 valence electrons. The van der Waals surface area contributed by atoms with Gasteiger partial charge >= 0.3 is 12.1 Å². The number of hydrogen-bond donors (Lipinski definition) is 3. The zero-order chi connectivity index (χ0) is 25.6. The molecule has 0 radical (unpaired) electrons. The van der Waals surface area contributed by atoms with Crippen molar-refractivity contribution in [2.45, 2.75) is 51.7 Å². The Morgan fingerprint density at radius 1 is 1.00 bits per heavy atom. The third-order valence-electron chi connectivity index (χ3n) is 5.79. The number of benzene rings is 2. The van der Waals surface area contributed by atoms with Crippen LogP contribution in [0.4, 0.5) is 4.79 Å². The van der Waals surface area contributed by atoms with Gasteiger partial charge < -0.3 is 25.2 Å². The molecule has 0 aromatic heterocycles. The summed E-state index contributed by atoms with van der Waals surface area (Å²) in [6, 6.07) is 15.1. The second kappa shape index (κ2) is 11.4. The Labute approximate surface area is 206 Å². The maximum Gasteiger partial charge on any atom is 0.407 e. The monoisotopic (exact) mass is 482 g/mol. The van der Waals surface area contributed by atoms with E-state index in [4.69, 9.17) is 9.47 Å². The maximum atomic E-state index is 12.3. The lowest BCUT2D eigenvalue weighted by Crippen LogP contribution is -2.46. The van der Waals surface area contributed by atoms with E-state index < -0.39 is 29.6 Å². The summed E-state index contributed by atoms with van der Waals surface area (Å²) in [5.74, 6) is -1.82. The van der Waals surface area contributed by atoms with Crippen LogP contribution in [0.25, 0.3) is 11.1 Å². The average molecular weight is 483 g/mol. The number of rotatable bonds is 10. The molecule has 1 aliphatic rings. The highest BCUT2D eigenvalue weighted by molar-refractivity contribution is 5.83. The summed E-state index contributed by atoms with van der Waals surface area (Å²) in [6.07, 6.45) is -0.496. The summed E-state index contributed by atoms with van der Waals surface area (Å²) < 4.78 is 11.0. The van der Waals surface area contributed by atoms with Crippen LogP contribution in [0.3, 0.4) is 0 Å². The Morgan fingerprint density at radius 3 is 2.11 bits per heavy atom. The topological polar surface area (TPSA) is 114 Å². The molecule has 8 nitrogen and oxygen atoms in total. The van der Waals surface area contributed by atoms with Gasteiger partial charge in [-0.25, -0.2) is 9.59 Å². The van der Waals surface area contributed by atoms with Gasteiger partial charge in [0.1, 0.15) is 6.61 Å². The number of amides is 2. The Hall–Kier alpha value is -3.39. The molecule has 1 aliphatic carbocycles. The van der Waals surface area contributed by atoms with E-state index in [2.05, 4.69) is 34.9 Å². The first-order valence-corrected chi connectivity index (χ1v) is 11.8. The summed E-state index contributed by atoms with van der Waals surface area (Å²) in [5.41, 5.74) is 4.07. The van der Waals surface area contributed by atoms with Gasteiger partial charge in [-0.1, -0.05) is 55.5 Å². The van der Waals surface area contributed by atoms with Crippen LogP contribution in [0.2, 0.25) is 0 Å². The number of alkyl carbamates (subject to hydrolysis) is 1. The van der Waals surface area contributed by atoms with Gasteiger partial charge in [-0.3, -0.25) is 4.79 Å². The van der Waals surface area contributed by atoms with Gasteiger partial charge in [-0.05, 0) is 48.9 Å². The first-order valence-electron chi connectivity index (χ1n) is 11.8. The van der Waals surface area contributed by atoms with Crippen molar-refractivity contribution >= 4 is 18.0 Å². The molecule has 0 heterocycles. The number of fused-ring (bicyclic) bond motifs is 3. The Balaban J connectivity index is 1.44. The highest BCUT2D eigenvalue weighted by Gasteiger charge is 2.29. The molecule has 0 bridgehead atoms. The number of carboxylic acid groups (broad SMARTS) is 1. The van der Waals surface area contributed by atoms with Crippen molar-refractivity contribution in [3.05, 3.63) is 59.7 Å². The minimum atomic E-state index is -1.16. The number of nitrogens with one attached hydrogen (secondary N) is 2. The molecule has 2 aromatic rings. The zero-order valence-corrected chi connectivity index (χ0v) is 20.7. The van der Waals surface area contributed by atoms with E-state index in [-0.39, 0.29) is 38.0 Å². The van der Waals surface area contributed by atoms with Crippen LogP contribution in [-0.2, 0) is 19.1 Å². The predicted octanol–water partition coefficient (Wildman–Crippen LogP) is 3.94. The fourth-order valence-corrected chi connectivity index (χ4v) is 4.06. The minimum Gasteiger partial charge on any atom is -0.480 e. The number of carbonyl (C=O) groups excluding carboxylic acids is 2. The Morgan fingerprint density at radius 2 is 1.57 bits per heavy atom. The van der Waals surface area contributed by atoms with Crippen LogP contribution in [0.5, 0.6) is 0 Å². The van der Waals surface area contributed by atoms with E-state index in [1.54, 1.807) is 6.92 Å². The molecule has 0 saturated carbocycles. The Kier molecular flexibility index (Phi) is 8.51. The first-order chi connectivity index (χ1) is 16.5. The lowest BCUT2D eigenvalue weighted by molar-refractivity contribution is -0.145. The van der Waals surface area contributed by atoms with E-state index in [9.17, 15) is 19.5 Å². The Bertz CT molecular complexity index is 1020. The zero-order valence-electron chi connectivity index (χ0n) is 20.7. The largest absolute Gasteiger partial charge is 0.480 e. The first kappa shape index (κ1) is 26.2. The number of hydrogen-bond acceptors (Lipinski definition) is 5. The lowest BCUT2D eigenvalue weighted by atomic mass is 9.98. The van der Waals surface area contributed by atoms with Crippen LogP contribution in [0.1, 0.15) is 51.2 Å². The van der Waals surface area contributed by atoms with E-state index >= 15 is 0 Å². The van der Waals surface area contributed by atoms with E-state index in [0.717, 1.165) is 22.3 Å². The third kappa shape index (κ3) is 7.29. The molecule has 3 N–H and O–H groups in total. The van der Waals surface area contributed by atoms with Crippen molar-refractivity contribution in [3.63, 3.8) is 0 Å². The molecule has 35 heavy (non-hydrogen) atoms. The molecule has 3 rings (SSSR count). The normalized spacial score (nSPS) is 14.4. The molecule has 2 atom stereocenters. The van der Waals surface area contributed by atoms with Crippen molar-refractivity contribution in [2.24, 2.45) is 5.92 Å². The SMILES string of the molecule is CC(CNC(=O)OCC1c2ccccc2-c2ccccc21)CC(=O)N[C@@H](COC(C)(C)C)C(=O)O. The second-order valence-corrected chi connectivity index (χ2v) is 9.90. The van der Waals surface area contributed by atoms with Gasteiger partial charge in [-0.2, -0.15) is 0 Å². The lowest BCUT2D eigenvalue weighted by Gasteiger charge is -2.23. The molecule has 1 unspecified atom stereocenters. The van der Waals surface area contributed by atoms with Crippen LogP contribution in [-0.4, -0.2) is 54.5 Å². The van der Waals surface area contributed by atoms with E-state index in [1.165, 1.54) is 0 Å². The van der Waals surface area contributed by atoms with Gasteiger partial charge in [0.15, 0.2) is 6.04 Å². The molecular formula is C27H34N2O6. The fraction of sp³-hybridized carbons (Fsp3) is 0.444. The van der Waals surface area contributed by atoms with Gasteiger partial charge in [0.2, 0.25) is 5.91 Å². The van der Waals surface area contributed by atoms with Crippen LogP contribution < -0.4 is 10.6 Å². The summed E-state index contributed by atoms with van der Waals surface area (Å²) in [6.45, 7) is 7.53. The van der Waals surface area contributed by atoms with Crippen LogP contribution in [0.15, 0.2) is 48.5 Å². The van der Waals surface area contributed by atoms with Crippen LogP contribution >= 0.6 is 0 Å². The van der Waals surface area contributed by atoms with Crippen molar-refractivity contribution in [2.75, 3.05) is 19.8 Å². The fourth-order valence-electron chi connectivity index (χ4n) is 4.06. The standard InChI is InChI=1S/C27H34N2O6/c1-17(13-24(30)29-23(25(31)32)16-35-27(2,3)4)14-28-26(33)34-15-22-20-11-7-5-9-18(20)19-10-6-8-12-21(19)22/h5-12,17,22-23H,13-16H2,1-4H3,(H,28,33)(H,29,30)(H,31,32)/t17?,23-/m0/s1. The van der Waals surface area contributed by atoms with Crippen LogP contribution in [0, 0.1) is 5.92 Å². The number of ether oxygens (including phenoxy) is 2. The van der Waals surface area contributed by atoms with Gasteiger partial charge in [0.05, 0.1) is 12.2 Å². The quantitative estimate of drug-likeness (QED) is 0.473. The average Bonchev–Trinajstić information content (AvgIpc) is 3.12. The van der Waals surface area contributed by atoms with E-state index in [1.807, 2.05) is 45.0 Å². The highest BCUT2D eigenvalue weighted by atomic mass is 16.5. The van der Waals surface area contributed by atoms with E-state index in [0.29, 0.717) is 0 Å². The summed E-state index contributed by atoms with van der Waals surface area (Å²) in [5, 5.41) is 14.5. The molecule has 0 spiro atoms. The number of carbonyl (C=O) groups is 3. The second-order valence-electron chi connectivity index (χ2n) is 9.90. The smallest absolute Gasteiger partial charge is 0.407 e. The minimum absolute atomic E-state index is 0.0281. The number of carboxylic acids is 1. The van der Waals surface area contributed by atoms with Gasteiger partial charge in [0.25, 0.3) is 0 Å². The summed E-state index contributed by atoms with van der Waals surface area (Å²) in [7, 11) is 0. The molecule has 0 saturated heterocycles. The molecular weight excluding hydrogens is 448 g/mol. The number of aliphatic carboxylic acids is 1. The van der Waals surface area contributed by atoms with Gasteiger partial charge in [-0.15, -0.1) is 0 Å². The third-order valence-corrected chi connectivity index (χ3v) is 5.79. The molecule has 2 amide bonds. The maximum absolute atomic E-state index is 12.3. The van der Waals surface area contributed by atoms with Crippen molar-refractivity contribution in [1.29, 1.82) is 0 Å². The van der Waals surface area contributed by atoms with Crippen molar-refractivity contribution in [1.82, 2.24) is 10.6 Å². The molecule has 0 fully saturated rings. The van der Waals surface area contributed by atoms with Crippen molar-refractivity contribution < 1.29 is 29.0 Å². The molecule has 0 aliphatic heterocycles. The van der Waals surface area contributed by atoms with Crippen molar-refractivity contribution in [3.8, 4) is 11.1 Å². The summed E-state index contributed by atoms with van der Waals surface area (Å²) >= 11 is 0. The predicted molar refractivity (Wildman–Crippen MR) is 132 cm³/mol. The van der Waals surface area contributed by atoms with Gasteiger partial charge in [0, 0.05) is 18.9 Å². The summed E-state index contributed by atoms with van der Waals surface area (Å²) in [4.78, 5) is 36.0.